The van der Waals surface area contributed by atoms with E-state index >= 15 is 0 Å². The number of nitrogens with zero attached hydrogens (tertiary/aromatic N) is 3. The molecular weight excluding hydrogens is 405 g/mol. The van der Waals surface area contributed by atoms with E-state index in [2.05, 4.69) is 4.57 Å². The number of carbonyl (C=O) groups is 1. The molecular formula is C26H24FN3O2. The number of ether oxygens (including phenoxy) is 1. The third-order valence-corrected chi connectivity index (χ3v) is 5.92. The third kappa shape index (κ3) is 3.84. The van der Waals surface area contributed by atoms with Crippen molar-refractivity contribution in [2.75, 3.05) is 18.1 Å². The molecule has 1 aromatic heterocycles. The molecule has 0 unspecified atom stereocenters. The van der Waals surface area contributed by atoms with E-state index in [4.69, 9.17) is 9.72 Å². The highest BCUT2D eigenvalue weighted by atomic mass is 19.1. The van der Waals surface area contributed by atoms with Crippen LogP contribution >= 0.6 is 0 Å². The van der Waals surface area contributed by atoms with Crippen molar-refractivity contribution >= 4 is 22.6 Å². The molecule has 1 amide bonds. The van der Waals surface area contributed by atoms with Gasteiger partial charge < -0.3 is 14.2 Å². The maximum Gasteiger partial charge on any atom is 0.227 e. The number of halogens is 1. The van der Waals surface area contributed by atoms with Crippen LogP contribution in [0.1, 0.15) is 23.7 Å². The lowest BCUT2D eigenvalue weighted by molar-refractivity contribution is -0.117. The number of benzene rings is 3. The summed E-state index contributed by atoms with van der Waals surface area (Å²) in [5, 5.41) is 0. The molecule has 4 aromatic rings. The van der Waals surface area contributed by atoms with Gasteiger partial charge in [0.05, 0.1) is 23.3 Å². The molecule has 1 aliphatic heterocycles. The standard InChI is InChI=1S/C26H24FN3O2/c1-18-10-12-20(13-11-18)32-15-14-29-24-9-5-3-7-22(24)28-26(29)19-16-25(31)30(17-19)23-8-4-2-6-21(23)27/h2-13,19H,14-17H2,1H3/t19-/m1/s1. The summed E-state index contributed by atoms with van der Waals surface area (Å²) >= 11 is 0. The average molecular weight is 429 g/mol. The smallest absolute Gasteiger partial charge is 0.227 e. The minimum Gasteiger partial charge on any atom is -0.492 e. The van der Waals surface area contributed by atoms with Gasteiger partial charge in [-0.15, -0.1) is 0 Å². The largest absolute Gasteiger partial charge is 0.492 e. The maximum absolute atomic E-state index is 14.3. The summed E-state index contributed by atoms with van der Waals surface area (Å²) in [6.45, 7) is 3.53. The van der Waals surface area contributed by atoms with Gasteiger partial charge in [-0.1, -0.05) is 42.0 Å². The van der Waals surface area contributed by atoms with Crippen molar-refractivity contribution in [2.45, 2.75) is 25.8 Å². The molecule has 0 saturated carbocycles. The molecule has 0 bridgehead atoms. The van der Waals surface area contributed by atoms with Gasteiger partial charge in [-0.05, 0) is 43.3 Å². The van der Waals surface area contributed by atoms with E-state index in [1.54, 1.807) is 18.2 Å². The van der Waals surface area contributed by atoms with E-state index in [0.717, 1.165) is 22.6 Å². The number of aromatic nitrogens is 2. The van der Waals surface area contributed by atoms with Gasteiger partial charge in [0.25, 0.3) is 0 Å². The third-order valence-electron chi connectivity index (χ3n) is 5.92. The molecule has 32 heavy (non-hydrogen) atoms. The Balaban J connectivity index is 1.41. The molecule has 0 radical (unpaired) electrons. The zero-order chi connectivity index (χ0) is 22.1. The van der Waals surface area contributed by atoms with Crippen molar-refractivity contribution in [3.8, 4) is 5.75 Å². The molecule has 1 saturated heterocycles. The Morgan fingerprint density at radius 1 is 1.03 bits per heavy atom. The molecule has 0 spiro atoms. The normalized spacial score (nSPS) is 16.1. The van der Waals surface area contributed by atoms with Crippen LogP contribution in [0, 0.1) is 12.7 Å². The minimum atomic E-state index is -0.387. The van der Waals surface area contributed by atoms with Crippen LogP contribution in [-0.2, 0) is 11.3 Å². The second kappa shape index (κ2) is 8.46. The molecule has 3 aromatic carbocycles. The first-order chi connectivity index (χ1) is 15.6. The number of anilines is 1. The van der Waals surface area contributed by atoms with E-state index in [-0.39, 0.29) is 17.6 Å². The zero-order valence-corrected chi connectivity index (χ0v) is 17.9. The first-order valence-corrected chi connectivity index (χ1v) is 10.8. The summed E-state index contributed by atoms with van der Waals surface area (Å²) in [4.78, 5) is 19.1. The van der Waals surface area contributed by atoms with Crippen LogP contribution in [0.2, 0.25) is 0 Å². The van der Waals surface area contributed by atoms with E-state index in [1.165, 1.54) is 16.5 Å². The Morgan fingerprint density at radius 2 is 1.78 bits per heavy atom. The molecule has 6 heteroatoms. The zero-order valence-electron chi connectivity index (χ0n) is 17.9. The van der Waals surface area contributed by atoms with E-state index < -0.39 is 0 Å². The summed E-state index contributed by atoms with van der Waals surface area (Å²) in [7, 11) is 0. The number of para-hydroxylation sites is 3. The predicted octanol–water partition coefficient (Wildman–Crippen LogP) is 5.08. The number of imidazole rings is 1. The Morgan fingerprint density at radius 3 is 2.59 bits per heavy atom. The van der Waals surface area contributed by atoms with Crippen molar-refractivity contribution in [2.24, 2.45) is 0 Å². The van der Waals surface area contributed by atoms with Crippen LogP contribution in [0.5, 0.6) is 5.75 Å². The van der Waals surface area contributed by atoms with Crippen molar-refractivity contribution in [3.63, 3.8) is 0 Å². The monoisotopic (exact) mass is 429 g/mol. The van der Waals surface area contributed by atoms with Crippen molar-refractivity contribution < 1.29 is 13.9 Å². The number of carbonyl (C=O) groups excluding carboxylic acids is 1. The van der Waals surface area contributed by atoms with E-state index in [0.29, 0.717) is 31.8 Å². The molecule has 5 nitrogen and oxygen atoms in total. The van der Waals surface area contributed by atoms with Crippen LogP contribution in [0.15, 0.2) is 72.8 Å². The minimum absolute atomic E-state index is 0.0883. The summed E-state index contributed by atoms with van der Waals surface area (Å²) in [6, 6.07) is 22.3. The van der Waals surface area contributed by atoms with Gasteiger partial charge in [0.15, 0.2) is 0 Å². The van der Waals surface area contributed by atoms with Gasteiger partial charge in [0.2, 0.25) is 5.91 Å². The highest BCUT2D eigenvalue weighted by Gasteiger charge is 2.35. The van der Waals surface area contributed by atoms with Crippen LogP contribution in [0.4, 0.5) is 10.1 Å². The Bertz CT molecular complexity index is 1270. The van der Waals surface area contributed by atoms with Crippen molar-refractivity contribution in [1.29, 1.82) is 0 Å². The number of aryl methyl sites for hydroxylation is 1. The average Bonchev–Trinajstić information content (AvgIpc) is 3.36. The lowest BCUT2D eigenvalue weighted by atomic mass is 10.1. The fraction of sp³-hybridized carbons (Fsp3) is 0.231. The van der Waals surface area contributed by atoms with Gasteiger partial charge in [0.1, 0.15) is 24.0 Å². The Labute approximate surface area is 186 Å². The summed E-state index contributed by atoms with van der Waals surface area (Å²) in [6.07, 6.45) is 0.302. The van der Waals surface area contributed by atoms with Gasteiger partial charge in [-0.3, -0.25) is 4.79 Å². The molecule has 2 heterocycles. The molecule has 1 fully saturated rings. The number of fused-ring (bicyclic) bond motifs is 1. The number of hydrogen-bond donors (Lipinski definition) is 0. The SMILES string of the molecule is Cc1ccc(OCCn2c([C@@H]3CC(=O)N(c4ccccc4F)C3)nc3ccccc32)cc1. The highest BCUT2D eigenvalue weighted by molar-refractivity contribution is 5.96. The highest BCUT2D eigenvalue weighted by Crippen LogP contribution is 2.34. The lowest BCUT2D eigenvalue weighted by Crippen LogP contribution is -2.25. The lowest BCUT2D eigenvalue weighted by Gasteiger charge is -2.18. The van der Waals surface area contributed by atoms with E-state index in [9.17, 15) is 9.18 Å². The second-order valence-electron chi connectivity index (χ2n) is 8.13. The van der Waals surface area contributed by atoms with E-state index in [1.807, 2.05) is 55.5 Å². The molecule has 0 aliphatic carbocycles. The molecule has 1 atom stereocenters. The number of rotatable bonds is 6. The number of amides is 1. The van der Waals surface area contributed by atoms with Crippen LogP contribution < -0.4 is 9.64 Å². The van der Waals surface area contributed by atoms with Crippen molar-refractivity contribution in [3.05, 3.63) is 90.0 Å². The van der Waals surface area contributed by atoms with Crippen molar-refractivity contribution in [1.82, 2.24) is 9.55 Å². The first kappa shape index (κ1) is 20.2. The molecule has 162 valence electrons. The summed E-state index contributed by atoms with van der Waals surface area (Å²) < 4.78 is 22.4. The van der Waals surface area contributed by atoms with Gasteiger partial charge in [-0.25, -0.2) is 9.37 Å². The fourth-order valence-corrected chi connectivity index (χ4v) is 4.31. The summed E-state index contributed by atoms with van der Waals surface area (Å²) in [5.74, 6) is 1.07. The summed E-state index contributed by atoms with van der Waals surface area (Å²) in [5.41, 5.74) is 3.40. The second-order valence-corrected chi connectivity index (χ2v) is 8.13. The van der Waals surface area contributed by atoms with Crippen LogP contribution in [-0.4, -0.2) is 28.6 Å². The van der Waals surface area contributed by atoms with Gasteiger partial charge in [-0.2, -0.15) is 0 Å². The van der Waals surface area contributed by atoms with Gasteiger partial charge in [0, 0.05) is 18.9 Å². The molecule has 0 N–H and O–H groups in total. The quantitative estimate of drug-likeness (QED) is 0.429. The predicted molar refractivity (Wildman–Crippen MR) is 123 cm³/mol. The fourth-order valence-electron chi connectivity index (χ4n) is 4.31. The Hall–Kier alpha value is -3.67. The number of hydrogen-bond acceptors (Lipinski definition) is 3. The Kier molecular flexibility index (Phi) is 5.35. The molecule has 5 rings (SSSR count). The van der Waals surface area contributed by atoms with Gasteiger partial charge >= 0.3 is 0 Å². The first-order valence-electron chi connectivity index (χ1n) is 10.8. The maximum atomic E-state index is 14.3. The van der Waals surface area contributed by atoms with Crippen LogP contribution in [0.25, 0.3) is 11.0 Å². The topological polar surface area (TPSA) is 47.4 Å². The molecule has 1 aliphatic rings. The van der Waals surface area contributed by atoms with Crippen LogP contribution in [0.3, 0.4) is 0 Å².